The van der Waals surface area contributed by atoms with Gasteiger partial charge in [0.15, 0.2) is 0 Å². The SMILES string of the molecule is CC(C)c1ccc(S(=O)(=O)N2CCN(C(=O)c3ccc(S(C)=O)cc3)CC2)cc1. The van der Waals surface area contributed by atoms with E-state index in [1.165, 1.54) is 4.31 Å². The molecule has 0 spiro atoms. The average Bonchev–Trinajstić information content (AvgIpc) is 2.73. The van der Waals surface area contributed by atoms with Gasteiger partial charge in [0.1, 0.15) is 0 Å². The van der Waals surface area contributed by atoms with Crippen molar-refractivity contribution < 1.29 is 17.4 Å². The lowest BCUT2D eigenvalue weighted by Crippen LogP contribution is -2.50. The van der Waals surface area contributed by atoms with Crippen LogP contribution < -0.4 is 0 Å². The fourth-order valence-electron chi connectivity index (χ4n) is 3.28. The highest BCUT2D eigenvalue weighted by Crippen LogP contribution is 2.22. The Hall–Kier alpha value is -2.03. The Labute approximate surface area is 175 Å². The van der Waals surface area contributed by atoms with Crippen LogP contribution in [-0.2, 0) is 20.8 Å². The molecule has 156 valence electrons. The van der Waals surface area contributed by atoms with Gasteiger partial charge >= 0.3 is 0 Å². The molecule has 0 aromatic heterocycles. The van der Waals surface area contributed by atoms with Gasteiger partial charge in [0.05, 0.1) is 4.90 Å². The van der Waals surface area contributed by atoms with Crippen LogP contribution in [0.2, 0.25) is 0 Å². The van der Waals surface area contributed by atoms with Crippen molar-refractivity contribution in [1.82, 2.24) is 9.21 Å². The molecule has 29 heavy (non-hydrogen) atoms. The van der Waals surface area contributed by atoms with Crippen molar-refractivity contribution in [3.05, 3.63) is 59.7 Å². The van der Waals surface area contributed by atoms with Crippen molar-refractivity contribution in [2.24, 2.45) is 0 Å². The molecule has 0 bridgehead atoms. The minimum Gasteiger partial charge on any atom is -0.336 e. The Balaban J connectivity index is 1.66. The molecular formula is C21H26N2O4S2. The third-order valence-corrected chi connectivity index (χ3v) is 7.99. The minimum absolute atomic E-state index is 0.142. The molecule has 1 unspecified atom stereocenters. The predicted octanol–water partition coefficient (Wildman–Crippen LogP) is 2.69. The van der Waals surface area contributed by atoms with E-state index in [0.717, 1.165) is 5.56 Å². The maximum Gasteiger partial charge on any atom is 0.253 e. The molecule has 3 rings (SSSR count). The van der Waals surface area contributed by atoms with Crippen LogP contribution in [0.3, 0.4) is 0 Å². The molecule has 8 heteroatoms. The van der Waals surface area contributed by atoms with Gasteiger partial charge in [-0.15, -0.1) is 0 Å². The number of benzene rings is 2. The van der Waals surface area contributed by atoms with Gasteiger partial charge in [0.2, 0.25) is 10.0 Å². The van der Waals surface area contributed by atoms with Crippen molar-refractivity contribution in [2.75, 3.05) is 32.4 Å². The zero-order valence-corrected chi connectivity index (χ0v) is 18.5. The average molecular weight is 435 g/mol. The smallest absolute Gasteiger partial charge is 0.253 e. The number of rotatable bonds is 5. The van der Waals surface area contributed by atoms with Crippen molar-refractivity contribution in [3.8, 4) is 0 Å². The van der Waals surface area contributed by atoms with E-state index in [9.17, 15) is 17.4 Å². The second kappa shape index (κ2) is 8.77. The van der Waals surface area contributed by atoms with Crippen LogP contribution in [0.15, 0.2) is 58.3 Å². The first-order valence-corrected chi connectivity index (χ1v) is 12.5. The van der Waals surface area contributed by atoms with Crippen LogP contribution in [0.1, 0.15) is 35.7 Å². The van der Waals surface area contributed by atoms with Crippen LogP contribution in [-0.4, -0.2) is 60.2 Å². The number of amides is 1. The highest BCUT2D eigenvalue weighted by Gasteiger charge is 2.30. The molecule has 1 saturated heterocycles. The summed E-state index contributed by atoms with van der Waals surface area (Å²) in [6, 6.07) is 13.7. The molecule has 1 aliphatic rings. The first-order valence-electron chi connectivity index (χ1n) is 9.53. The van der Waals surface area contributed by atoms with Gasteiger partial charge < -0.3 is 4.90 Å². The Kier molecular flexibility index (Phi) is 6.55. The Morgan fingerprint density at radius 1 is 0.931 bits per heavy atom. The summed E-state index contributed by atoms with van der Waals surface area (Å²) < 4.78 is 38.7. The van der Waals surface area contributed by atoms with Gasteiger partial charge in [0.25, 0.3) is 5.91 Å². The summed E-state index contributed by atoms with van der Waals surface area (Å²) >= 11 is 0. The molecule has 0 N–H and O–H groups in total. The summed E-state index contributed by atoms with van der Waals surface area (Å²) in [5.74, 6) is 0.199. The maximum atomic E-state index is 12.9. The highest BCUT2D eigenvalue weighted by molar-refractivity contribution is 7.89. The minimum atomic E-state index is -3.57. The van der Waals surface area contributed by atoms with Gasteiger partial charge in [-0.05, 0) is 47.9 Å². The van der Waals surface area contributed by atoms with Crippen molar-refractivity contribution in [2.45, 2.75) is 29.6 Å². The van der Waals surface area contributed by atoms with Crippen molar-refractivity contribution in [3.63, 3.8) is 0 Å². The molecule has 0 radical (unpaired) electrons. The monoisotopic (exact) mass is 434 g/mol. The summed E-state index contributed by atoms with van der Waals surface area (Å²) in [6.07, 6.45) is 1.59. The second-order valence-electron chi connectivity index (χ2n) is 7.40. The summed E-state index contributed by atoms with van der Waals surface area (Å²) in [5, 5.41) is 0. The lowest BCUT2D eigenvalue weighted by molar-refractivity contribution is 0.0698. The fraction of sp³-hybridized carbons (Fsp3) is 0.381. The molecule has 1 amide bonds. The third-order valence-electron chi connectivity index (χ3n) is 5.14. The molecule has 0 saturated carbocycles. The van der Waals surface area contributed by atoms with Crippen molar-refractivity contribution in [1.29, 1.82) is 0 Å². The number of carbonyl (C=O) groups excluding carboxylic acids is 1. The quantitative estimate of drug-likeness (QED) is 0.725. The zero-order valence-electron chi connectivity index (χ0n) is 16.9. The normalized spacial score (nSPS) is 16.8. The lowest BCUT2D eigenvalue weighted by atomic mass is 10.0. The van der Waals surface area contributed by atoms with E-state index >= 15 is 0 Å². The van der Waals surface area contributed by atoms with Gasteiger partial charge in [-0.3, -0.25) is 9.00 Å². The number of carbonyl (C=O) groups is 1. The van der Waals surface area contributed by atoms with Crippen LogP contribution in [0.25, 0.3) is 0 Å². The van der Waals surface area contributed by atoms with Gasteiger partial charge in [-0.2, -0.15) is 4.31 Å². The van der Waals surface area contributed by atoms with E-state index in [1.807, 2.05) is 12.1 Å². The molecule has 1 atom stereocenters. The topological polar surface area (TPSA) is 74.8 Å². The standard InChI is InChI=1S/C21H26N2O4S2/c1-16(2)17-6-10-20(11-7-17)29(26,27)23-14-12-22(13-15-23)21(24)18-4-8-19(9-5-18)28(3)25/h4-11,16H,12-15H2,1-3H3. The van der Waals surface area contributed by atoms with E-state index in [0.29, 0.717) is 29.5 Å². The summed E-state index contributed by atoms with van der Waals surface area (Å²) in [6.45, 7) is 5.32. The molecule has 2 aromatic rings. The van der Waals surface area contributed by atoms with Crippen LogP contribution in [0.4, 0.5) is 0 Å². The van der Waals surface area contributed by atoms with E-state index < -0.39 is 20.8 Å². The van der Waals surface area contributed by atoms with E-state index in [1.54, 1.807) is 47.6 Å². The second-order valence-corrected chi connectivity index (χ2v) is 10.7. The van der Waals surface area contributed by atoms with Gasteiger partial charge in [-0.1, -0.05) is 26.0 Å². The molecule has 1 aliphatic heterocycles. The maximum absolute atomic E-state index is 12.9. The van der Waals surface area contributed by atoms with Gasteiger partial charge in [-0.25, -0.2) is 8.42 Å². The van der Waals surface area contributed by atoms with Crippen LogP contribution in [0.5, 0.6) is 0 Å². The summed E-state index contributed by atoms with van der Waals surface area (Å²) in [4.78, 5) is 15.3. The van der Waals surface area contributed by atoms with E-state index in [2.05, 4.69) is 13.8 Å². The Morgan fingerprint density at radius 3 is 1.97 bits per heavy atom. The molecule has 6 nitrogen and oxygen atoms in total. The first-order chi connectivity index (χ1) is 13.7. The highest BCUT2D eigenvalue weighted by atomic mass is 32.2. The molecule has 0 aliphatic carbocycles. The van der Waals surface area contributed by atoms with Crippen molar-refractivity contribution >= 4 is 26.7 Å². The first kappa shape index (κ1) is 21.7. The number of hydrogen-bond acceptors (Lipinski definition) is 4. The van der Waals surface area contributed by atoms with Crippen LogP contribution >= 0.6 is 0 Å². The lowest BCUT2D eigenvalue weighted by Gasteiger charge is -2.34. The van der Waals surface area contributed by atoms with E-state index in [4.69, 9.17) is 0 Å². The molecular weight excluding hydrogens is 408 g/mol. The Morgan fingerprint density at radius 2 is 1.48 bits per heavy atom. The molecule has 1 heterocycles. The molecule has 1 fully saturated rings. The van der Waals surface area contributed by atoms with Crippen LogP contribution in [0, 0.1) is 0 Å². The van der Waals surface area contributed by atoms with Gasteiger partial charge in [0, 0.05) is 53.7 Å². The number of hydrogen-bond donors (Lipinski definition) is 0. The number of sulfonamides is 1. The molecule has 2 aromatic carbocycles. The van der Waals surface area contributed by atoms with E-state index in [-0.39, 0.29) is 23.9 Å². The number of piperazine rings is 1. The summed E-state index contributed by atoms with van der Waals surface area (Å²) in [5.41, 5.74) is 1.61. The third kappa shape index (κ3) is 4.76. The summed E-state index contributed by atoms with van der Waals surface area (Å²) in [7, 11) is -4.66. The predicted molar refractivity (Wildman–Crippen MR) is 114 cm³/mol. The fourth-order valence-corrected chi connectivity index (χ4v) is 5.22. The zero-order chi connectivity index (χ0) is 21.2. The number of nitrogens with zero attached hydrogens (tertiary/aromatic N) is 2. The largest absolute Gasteiger partial charge is 0.336 e. The Bertz CT molecular complexity index is 992.